The Morgan fingerprint density at radius 2 is 1.96 bits per heavy atom. The maximum Gasteiger partial charge on any atom is 0.447 e. The molecule has 5 aliphatic rings. The van der Waals surface area contributed by atoms with E-state index in [1.807, 2.05) is 0 Å². The standard InChI is InChI=1S/C19H25F3O5/c1-5-10-23-18(19(20,21)22)12(3)14-7-6-11(2)13-8-9-16(4)24-15(25-18)17(13,14)27-26-16/h5,11,13-15H,1,3,6-10H2,2,4H3/t11-,13+,14+,15+,16-,17-,18-/m1/s1. The van der Waals surface area contributed by atoms with E-state index in [9.17, 15) is 13.2 Å². The SMILES string of the molecule is C=CCO[C@@]1(C(F)(F)F)O[C@@H]2O[C@@]3(C)CC[C@H]4[C@H](C)CC[C@@H](C1=C)[C@@]24OO3. The fourth-order valence-corrected chi connectivity index (χ4v) is 5.24. The van der Waals surface area contributed by atoms with Gasteiger partial charge in [-0.2, -0.15) is 13.2 Å². The molecule has 0 radical (unpaired) electrons. The molecule has 4 saturated heterocycles. The zero-order valence-corrected chi connectivity index (χ0v) is 15.5. The average molecular weight is 390 g/mol. The van der Waals surface area contributed by atoms with Crippen molar-refractivity contribution in [2.45, 2.75) is 69.2 Å². The molecule has 4 heterocycles. The van der Waals surface area contributed by atoms with E-state index in [4.69, 9.17) is 24.0 Å². The molecule has 8 heteroatoms. The van der Waals surface area contributed by atoms with Gasteiger partial charge in [-0.1, -0.05) is 19.6 Å². The normalized spacial score (nSPS) is 49.4. The van der Waals surface area contributed by atoms with Crippen LogP contribution >= 0.6 is 0 Å². The lowest BCUT2D eigenvalue weighted by molar-refractivity contribution is -0.582. The van der Waals surface area contributed by atoms with Crippen LogP contribution in [0.15, 0.2) is 24.8 Å². The summed E-state index contributed by atoms with van der Waals surface area (Å²) < 4.78 is 59.3. The third-order valence-electron chi connectivity index (χ3n) is 6.61. The van der Waals surface area contributed by atoms with Crippen molar-refractivity contribution in [1.82, 2.24) is 0 Å². The van der Waals surface area contributed by atoms with Crippen LogP contribution in [0.25, 0.3) is 0 Å². The lowest BCUT2D eigenvalue weighted by Crippen LogP contribution is -2.73. The second-order valence-electron chi connectivity index (χ2n) is 8.21. The maximum absolute atomic E-state index is 14.2. The molecule has 1 aliphatic carbocycles. The highest BCUT2D eigenvalue weighted by molar-refractivity contribution is 5.28. The van der Waals surface area contributed by atoms with Gasteiger partial charge in [0.15, 0.2) is 11.9 Å². The van der Waals surface area contributed by atoms with E-state index in [-0.39, 0.29) is 24.0 Å². The van der Waals surface area contributed by atoms with Crippen LogP contribution in [0.1, 0.15) is 39.5 Å². The van der Waals surface area contributed by atoms with Crippen molar-refractivity contribution in [2.75, 3.05) is 6.61 Å². The Hall–Kier alpha value is -0.930. The van der Waals surface area contributed by atoms with Crippen molar-refractivity contribution in [3.8, 4) is 0 Å². The molecule has 0 N–H and O–H groups in total. The van der Waals surface area contributed by atoms with E-state index < -0.39 is 35.6 Å². The predicted molar refractivity (Wildman–Crippen MR) is 88.0 cm³/mol. The minimum atomic E-state index is -4.83. The third kappa shape index (κ3) is 2.50. The topological polar surface area (TPSA) is 46.2 Å². The predicted octanol–water partition coefficient (Wildman–Crippen LogP) is 4.25. The molecule has 152 valence electrons. The summed E-state index contributed by atoms with van der Waals surface area (Å²) in [5.41, 5.74) is -1.35. The lowest BCUT2D eigenvalue weighted by Gasteiger charge is -2.61. The summed E-state index contributed by atoms with van der Waals surface area (Å²) in [5.74, 6) is -4.61. The zero-order valence-electron chi connectivity index (χ0n) is 15.5. The molecular weight excluding hydrogens is 365 g/mol. The smallest absolute Gasteiger partial charge is 0.335 e. The minimum Gasteiger partial charge on any atom is -0.335 e. The third-order valence-corrected chi connectivity index (χ3v) is 6.61. The van der Waals surface area contributed by atoms with Crippen molar-refractivity contribution in [3.63, 3.8) is 0 Å². The highest BCUT2D eigenvalue weighted by atomic mass is 19.4. The number of ether oxygens (including phenoxy) is 3. The molecule has 2 bridgehead atoms. The first-order valence-corrected chi connectivity index (χ1v) is 9.33. The number of halogens is 3. The van der Waals surface area contributed by atoms with Gasteiger partial charge < -0.3 is 14.2 Å². The van der Waals surface area contributed by atoms with Crippen molar-refractivity contribution in [2.24, 2.45) is 17.8 Å². The van der Waals surface area contributed by atoms with Crippen LogP contribution in [0.2, 0.25) is 0 Å². The number of alkyl halides is 3. The van der Waals surface area contributed by atoms with Crippen molar-refractivity contribution < 1.29 is 37.2 Å². The summed E-state index contributed by atoms with van der Waals surface area (Å²) in [6.07, 6.45) is -2.39. The molecule has 0 aromatic carbocycles. The van der Waals surface area contributed by atoms with E-state index in [0.717, 1.165) is 6.42 Å². The van der Waals surface area contributed by atoms with Gasteiger partial charge in [0.2, 0.25) is 5.79 Å². The fraction of sp³-hybridized carbons (Fsp3) is 0.789. The quantitative estimate of drug-likeness (QED) is 0.533. The Labute approximate surface area is 156 Å². The van der Waals surface area contributed by atoms with Crippen LogP contribution in [0.4, 0.5) is 13.2 Å². The summed E-state index contributed by atoms with van der Waals surface area (Å²) in [6, 6.07) is 0. The fourth-order valence-electron chi connectivity index (χ4n) is 5.24. The molecule has 0 amide bonds. The Morgan fingerprint density at radius 1 is 1.22 bits per heavy atom. The lowest BCUT2D eigenvalue weighted by atomic mass is 9.58. The highest BCUT2D eigenvalue weighted by Gasteiger charge is 2.76. The Morgan fingerprint density at radius 3 is 2.63 bits per heavy atom. The maximum atomic E-state index is 14.2. The van der Waals surface area contributed by atoms with Gasteiger partial charge in [-0.15, -0.1) is 6.58 Å². The van der Waals surface area contributed by atoms with Gasteiger partial charge >= 0.3 is 6.18 Å². The van der Waals surface area contributed by atoms with Crippen molar-refractivity contribution in [1.29, 1.82) is 0 Å². The first-order chi connectivity index (χ1) is 12.6. The summed E-state index contributed by atoms with van der Waals surface area (Å²) in [5, 5.41) is 0. The summed E-state index contributed by atoms with van der Waals surface area (Å²) in [4.78, 5) is 11.4. The molecule has 0 aromatic rings. The van der Waals surface area contributed by atoms with Gasteiger partial charge in [-0.05, 0) is 43.6 Å². The zero-order chi connectivity index (χ0) is 19.7. The molecule has 4 aliphatic heterocycles. The molecule has 0 aromatic heterocycles. The van der Waals surface area contributed by atoms with E-state index >= 15 is 0 Å². The van der Waals surface area contributed by atoms with Crippen molar-refractivity contribution in [3.05, 3.63) is 24.8 Å². The second-order valence-corrected chi connectivity index (χ2v) is 8.21. The Balaban J connectivity index is 1.84. The first kappa shape index (κ1) is 19.4. The molecule has 7 atom stereocenters. The van der Waals surface area contributed by atoms with Gasteiger partial charge in [-0.25, -0.2) is 9.78 Å². The Bertz CT molecular complexity index is 652. The molecule has 1 saturated carbocycles. The van der Waals surface area contributed by atoms with Gasteiger partial charge in [0, 0.05) is 12.3 Å². The number of hydrogen-bond acceptors (Lipinski definition) is 5. The van der Waals surface area contributed by atoms with E-state index in [1.54, 1.807) is 6.92 Å². The minimum absolute atomic E-state index is 0.0621. The van der Waals surface area contributed by atoms with Gasteiger partial charge in [-0.3, -0.25) is 0 Å². The van der Waals surface area contributed by atoms with Crippen LogP contribution < -0.4 is 0 Å². The summed E-state index contributed by atoms with van der Waals surface area (Å²) >= 11 is 0. The molecule has 5 rings (SSSR count). The summed E-state index contributed by atoms with van der Waals surface area (Å²) in [6.45, 7) is 10.6. The van der Waals surface area contributed by atoms with Crippen LogP contribution in [-0.4, -0.2) is 36.2 Å². The van der Waals surface area contributed by atoms with E-state index in [1.165, 1.54) is 6.08 Å². The van der Waals surface area contributed by atoms with Gasteiger partial charge in [0.1, 0.15) is 0 Å². The van der Waals surface area contributed by atoms with E-state index in [0.29, 0.717) is 19.3 Å². The van der Waals surface area contributed by atoms with Crippen molar-refractivity contribution >= 4 is 0 Å². The van der Waals surface area contributed by atoms with E-state index in [2.05, 4.69) is 20.1 Å². The van der Waals surface area contributed by atoms with Crippen LogP contribution in [0, 0.1) is 17.8 Å². The highest BCUT2D eigenvalue weighted by Crippen LogP contribution is 2.63. The number of hydrogen-bond donors (Lipinski definition) is 0. The Kier molecular flexibility index (Phi) is 4.33. The molecule has 27 heavy (non-hydrogen) atoms. The molecule has 5 nitrogen and oxygen atoms in total. The molecule has 5 fully saturated rings. The average Bonchev–Trinajstić information content (AvgIpc) is 2.82. The first-order valence-electron chi connectivity index (χ1n) is 9.33. The number of rotatable bonds is 3. The largest absolute Gasteiger partial charge is 0.447 e. The second kappa shape index (κ2) is 6.03. The van der Waals surface area contributed by atoms with Crippen LogP contribution in [0.5, 0.6) is 0 Å². The molecule has 1 spiro atoms. The number of fused-ring (bicyclic) bond motifs is 2. The monoisotopic (exact) mass is 390 g/mol. The molecule has 0 unspecified atom stereocenters. The van der Waals surface area contributed by atoms with Crippen LogP contribution in [-0.2, 0) is 24.0 Å². The summed E-state index contributed by atoms with van der Waals surface area (Å²) in [7, 11) is 0. The molecular formula is C19H25F3O5. The van der Waals surface area contributed by atoms with Gasteiger partial charge in [0.25, 0.3) is 5.79 Å². The van der Waals surface area contributed by atoms with Gasteiger partial charge in [0.05, 0.1) is 6.61 Å². The van der Waals surface area contributed by atoms with Crippen LogP contribution in [0.3, 0.4) is 0 Å².